The lowest BCUT2D eigenvalue weighted by atomic mass is 9.85. The predicted octanol–water partition coefficient (Wildman–Crippen LogP) is 1.57. The number of hydrogen-bond acceptors (Lipinski definition) is 4. The van der Waals surface area contributed by atoms with Crippen molar-refractivity contribution < 1.29 is 14.4 Å². The van der Waals surface area contributed by atoms with E-state index in [4.69, 9.17) is 4.52 Å². The molecular weight excluding hydrogens is 232 g/mol. The second-order valence-electron chi connectivity index (χ2n) is 5.01. The molecule has 5 heteroatoms. The number of aryl methyl sites for hydroxylation is 2. The summed E-state index contributed by atoms with van der Waals surface area (Å²) in [5, 5.41) is 16.1. The Kier molecular flexibility index (Phi) is 4.01. The van der Waals surface area contributed by atoms with Crippen LogP contribution in [0.15, 0.2) is 4.52 Å². The van der Waals surface area contributed by atoms with Gasteiger partial charge in [-0.25, -0.2) is 0 Å². The predicted molar refractivity (Wildman–Crippen MR) is 66.3 cm³/mol. The van der Waals surface area contributed by atoms with Gasteiger partial charge in [-0.05, 0) is 26.7 Å². The van der Waals surface area contributed by atoms with Crippen molar-refractivity contribution >= 4 is 5.91 Å². The standard InChI is InChI=1S/C13H20N2O3/c1-8-12(9(2)18-15-8)13(17)14-11-6-4-3-5-10(11)7-16/h10-11,16H,3-7H2,1-2H3,(H,14,17). The van der Waals surface area contributed by atoms with E-state index in [1.807, 2.05) is 0 Å². The Labute approximate surface area is 107 Å². The molecule has 0 bridgehead atoms. The van der Waals surface area contributed by atoms with E-state index in [-0.39, 0.29) is 24.5 Å². The minimum Gasteiger partial charge on any atom is -0.396 e. The summed E-state index contributed by atoms with van der Waals surface area (Å²) >= 11 is 0. The molecule has 0 saturated heterocycles. The molecule has 0 aliphatic heterocycles. The number of aliphatic hydroxyl groups excluding tert-OH is 1. The van der Waals surface area contributed by atoms with E-state index in [2.05, 4.69) is 10.5 Å². The highest BCUT2D eigenvalue weighted by Crippen LogP contribution is 2.24. The quantitative estimate of drug-likeness (QED) is 0.856. The van der Waals surface area contributed by atoms with E-state index in [0.29, 0.717) is 17.0 Å². The molecule has 1 amide bonds. The largest absolute Gasteiger partial charge is 0.396 e. The number of carbonyl (C=O) groups excluding carboxylic acids is 1. The average Bonchev–Trinajstić information content (AvgIpc) is 2.69. The summed E-state index contributed by atoms with van der Waals surface area (Å²) in [6.45, 7) is 3.63. The fourth-order valence-electron chi connectivity index (χ4n) is 2.66. The summed E-state index contributed by atoms with van der Waals surface area (Å²) in [5.41, 5.74) is 1.14. The second-order valence-corrected chi connectivity index (χ2v) is 5.01. The molecule has 1 aromatic heterocycles. The maximum atomic E-state index is 12.2. The van der Waals surface area contributed by atoms with Crippen LogP contribution in [0.3, 0.4) is 0 Å². The lowest BCUT2D eigenvalue weighted by molar-refractivity contribution is 0.0870. The van der Waals surface area contributed by atoms with Crippen LogP contribution >= 0.6 is 0 Å². The fourth-order valence-corrected chi connectivity index (χ4v) is 2.66. The van der Waals surface area contributed by atoms with Gasteiger partial charge in [0.2, 0.25) is 0 Å². The van der Waals surface area contributed by atoms with Gasteiger partial charge in [0.15, 0.2) is 0 Å². The van der Waals surface area contributed by atoms with Gasteiger partial charge >= 0.3 is 0 Å². The number of carbonyl (C=O) groups is 1. The van der Waals surface area contributed by atoms with Crippen LogP contribution in [0.1, 0.15) is 47.5 Å². The number of hydrogen-bond donors (Lipinski definition) is 2. The molecule has 0 radical (unpaired) electrons. The maximum Gasteiger partial charge on any atom is 0.257 e. The Hall–Kier alpha value is -1.36. The Morgan fingerprint density at radius 1 is 1.44 bits per heavy atom. The van der Waals surface area contributed by atoms with E-state index in [9.17, 15) is 9.90 Å². The topological polar surface area (TPSA) is 75.4 Å². The number of nitrogens with zero attached hydrogens (tertiary/aromatic N) is 1. The van der Waals surface area contributed by atoms with Gasteiger partial charge in [0.1, 0.15) is 11.3 Å². The van der Waals surface area contributed by atoms with Crippen LogP contribution in [0.2, 0.25) is 0 Å². The van der Waals surface area contributed by atoms with Gasteiger partial charge < -0.3 is 14.9 Å². The van der Waals surface area contributed by atoms with Crippen LogP contribution in [-0.4, -0.2) is 28.8 Å². The normalized spacial score (nSPS) is 23.9. The van der Waals surface area contributed by atoms with Gasteiger partial charge in [-0.15, -0.1) is 0 Å². The molecule has 100 valence electrons. The number of aromatic nitrogens is 1. The SMILES string of the molecule is Cc1noc(C)c1C(=O)NC1CCCCC1CO. The van der Waals surface area contributed by atoms with Crippen LogP contribution in [0, 0.1) is 19.8 Å². The molecule has 5 nitrogen and oxygen atoms in total. The lowest BCUT2D eigenvalue weighted by Gasteiger charge is -2.30. The molecule has 1 saturated carbocycles. The Morgan fingerprint density at radius 2 is 2.17 bits per heavy atom. The van der Waals surface area contributed by atoms with Crippen LogP contribution in [0.4, 0.5) is 0 Å². The molecule has 0 spiro atoms. The van der Waals surface area contributed by atoms with Crippen LogP contribution in [0.5, 0.6) is 0 Å². The molecule has 2 unspecified atom stereocenters. The monoisotopic (exact) mass is 252 g/mol. The number of amides is 1. The summed E-state index contributed by atoms with van der Waals surface area (Å²) in [5.74, 6) is 0.570. The van der Waals surface area contributed by atoms with Crippen LogP contribution in [0.25, 0.3) is 0 Å². The Morgan fingerprint density at radius 3 is 2.78 bits per heavy atom. The molecule has 1 aliphatic carbocycles. The van der Waals surface area contributed by atoms with E-state index in [0.717, 1.165) is 25.7 Å². The smallest absolute Gasteiger partial charge is 0.257 e. The molecule has 2 rings (SSSR count). The third-order valence-corrected chi connectivity index (χ3v) is 3.72. The molecule has 1 aliphatic rings. The van der Waals surface area contributed by atoms with Crippen LogP contribution in [-0.2, 0) is 0 Å². The maximum absolute atomic E-state index is 12.2. The van der Waals surface area contributed by atoms with Crippen molar-refractivity contribution in [3.8, 4) is 0 Å². The minimum atomic E-state index is -0.142. The van der Waals surface area contributed by atoms with Gasteiger partial charge in [0.05, 0.1) is 5.69 Å². The van der Waals surface area contributed by atoms with E-state index < -0.39 is 0 Å². The molecule has 2 atom stereocenters. The first-order chi connectivity index (χ1) is 8.63. The van der Waals surface area contributed by atoms with Gasteiger partial charge in [-0.3, -0.25) is 4.79 Å². The van der Waals surface area contributed by atoms with E-state index >= 15 is 0 Å². The van der Waals surface area contributed by atoms with Crippen molar-refractivity contribution in [3.05, 3.63) is 17.0 Å². The van der Waals surface area contributed by atoms with Gasteiger partial charge in [0.25, 0.3) is 5.91 Å². The lowest BCUT2D eigenvalue weighted by Crippen LogP contribution is -2.43. The zero-order chi connectivity index (χ0) is 13.1. The summed E-state index contributed by atoms with van der Waals surface area (Å²) in [4.78, 5) is 12.2. The Bertz CT molecular complexity index is 408. The minimum absolute atomic E-state index is 0.0601. The molecule has 1 heterocycles. The molecular formula is C13H20N2O3. The summed E-state index contributed by atoms with van der Waals surface area (Å²) in [6.07, 6.45) is 4.13. The highest BCUT2D eigenvalue weighted by molar-refractivity contribution is 5.96. The molecule has 2 N–H and O–H groups in total. The molecule has 18 heavy (non-hydrogen) atoms. The number of nitrogens with one attached hydrogen (secondary N) is 1. The third kappa shape index (κ3) is 2.56. The first kappa shape index (κ1) is 13.1. The molecule has 0 aromatic carbocycles. The van der Waals surface area contributed by atoms with E-state index in [1.54, 1.807) is 13.8 Å². The van der Waals surface area contributed by atoms with E-state index in [1.165, 1.54) is 0 Å². The van der Waals surface area contributed by atoms with Gasteiger partial charge in [0, 0.05) is 18.6 Å². The third-order valence-electron chi connectivity index (χ3n) is 3.72. The summed E-state index contributed by atoms with van der Waals surface area (Å²) in [6, 6.07) is 0.0601. The highest BCUT2D eigenvalue weighted by Gasteiger charge is 2.28. The first-order valence-electron chi connectivity index (χ1n) is 6.48. The summed E-state index contributed by atoms with van der Waals surface area (Å²) < 4.78 is 5.00. The van der Waals surface area contributed by atoms with Gasteiger partial charge in [-0.1, -0.05) is 18.0 Å². The first-order valence-corrected chi connectivity index (χ1v) is 6.48. The number of rotatable bonds is 3. The Balaban J connectivity index is 2.06. The van der Waals surface area contributed by atoms with Crippen molar-refractivity contribution in [1.82, 2.24) is 10.5 Å². The van der Waals surface area contributed by atoms with Crippen molar-refractivity contribution in [2.45, 2.75) is 45.6 Å². The number of aliphatic hydroxyl groups is 1. The second kappa shape index (κ2) is 5.52. The highest BCUT2D eigenvalue weighted by atomic mass is 16.5. The molecule has 1 aromatic rings. The van der Waals surface area contributed by atoms with Crippen LogP contribution < -0.4 is 5.32 Å². The van der Waals surface area contributed by atoms with Crippen molar-refractivity contribution in [1.29, 1.82) is 0 Å². The van der Waals surface area contributed by atoms with Gasteiger partial charge in [-0.2, -0.15) is 0 Å². The molecule has 1 fully saturated rings. The van der Waals surface area contributed by atoms with Crippen molar-refractivity contribution in [2.24, 2.45) is 5.92 Å². The zero-order valence-corrected chi connectivity index (χ0v) is 10.9. The fraction of sp³-hybridized carbons (Fsp3) is 0.692. The average molecular weight is 252 g/mol. The van der Waals surface area contributed by atoms with Crippen molar-refractivity contribution in [3.63, 3.8) is 0 Å². The zero-order valence-electron chi connectivity index (χ0n) is 10.9. The summed E-state index contributed by atoms with van der Waals surface area (Å²) in [7, 11) is 0. The van der Waals surface area contributed by atoms with Crippen molar-refractivity contribution in [2.75, 3.05) is 6.61 Å².